The van der Waals surface area contributed by atoms with Gasteiger partial charge in [0.15, 0.2) is 0 Å². The van der Waals surface area contributed by atoms with E-state index >= 15 is 0 Å². The number of nitrogens with one attached hydrogen (secondary N) is 2. The van der Waals surface area contributed by atoms with E-state index in [-0.39, 0.29) is 5.82 Å². The summed E-state index contributed by atoms with van der Waals surface area (Å²) in [6.07, 6.45) is 1.77. The SMILES string of the molecule is Fc1cc(Cl)cc(NCc2cn[nH]c2-c2cccs2)c1. The van der Waals surface area contributed by atoms with E-state index in [2.05, 4.69) is 15.5 Å². The van der Waals surface area contributed by atoms with Crippen LogP contribution in [0.3, 0.4) is 0 Å². The van der Waals surface area contributed by atoms with Gasteiger partial charge in [0.2, 0.25) is 0 Å². The second-order valence-electron chi connectivity index (χ2n) is 4.26. The number of thiophene rings is 1. The van der Waals surface area contributed by atoms with Crippen LogP contribution in [0, 0.1) is 5.82 Å². The van der Waals surface area contributed by atoms with E-state index in [0.29, 0.717) is 17.3 Å². The summed E-state index contributed by atoms with van der Waals surface area (Å²) in [5, 5.41) is 12.6. The van der Waals surface area contributed by atoms with Crippen LogP contribution in [-0.2, 0) is 6.54 Å². The van der Waals surface area contributed by atoms with E-state index < -0.39 is 0 Å². The number of aromatic nitrogens is 2. The summed E-state index contributed by atoms with van der Waals surface area (Å²) in [4.78, 5) is 1.12. The summed E-state index contributed by atoms with van der Waals surface area (Å²) < 4.78 is 13.3. The second-order valence-corrected chi connectivity index (χ2v) is 5.64. The van der Waals surface area contributed by atoms with Crippen LogP contribution in [-0.4, -0.2) is 10.2 Å². The molecule has 1 aromatic carbocycles. The number of aromatic amines is 1. The van der Waals surface area contributed by atoms with Crippen molar-refractivity contribution >= 4 is 28.6 Å². The van der Waals surface area contributed by atoms with E-state index in [0.717, 1.165) is 16.1 Å². The lowest BCUT2D eigenvalue weighted by atomic mass is 10.2. The third kappa shape index (κ3) is 2.84. The molecule has 3 rings (SSSR count). The highest BCUT2D eigenvalue weighted by Crippen LogP contribution is 2.26. The van der Waals surface area contributed by atoms with Crippen molar-refractivity contribution < 1.29 is 4.39 Å². The van der Waals surface area contributed by atoms with Crippen LogP contribution in [0.5, 0.6) is 0 Å². The van der Waals surface area contributed by atoms with Gasteiger partial charge < -0.3 is 5.32 Å². The number of benzene rings is 1. The summed E-state index contributed by atoms with van der Waals surface area (Å²) in [5.41, 5.74) is 2.65. The molecule has 102 valence electrons. The van der Waals surface area contributed by atoms with E-state index in [4.69, 9.17) is 11.6 Å². The van der Waals surface area contributed by atoms with Crippen molar-refractivity contribution in [3.63, 3.8) is 0 Å². The van der Waals surface area contributed by atoms with Gasteiger partial charge in [-0.05, 0) is 29.6 Å². The Hall–Kier alpha value is -1.85. The number of halogens is 2. The fourth-order valence-corrected chi connectivity index (χ4v) is 2.91. The number of hydrogen-bond acceptors (Lipinski definition) is 3. The molecular weight excluding hydrogens is 297 g/mol. The molecule has 0 unspecified atom stereocenters. The minimum Gasteiger partial charge on any atom is -0.381 e. The molecule has 3 nitrogen and oxygen atoms in total. The highest BCUT2D eigenvalue weighted by Gasteiger charge is 2.08. The van der Waals surface area contributed by atoms with Gasteiger partial charge in [0.1, 0.15) is 5.82 Å². The van der Waals surface area contributed by atoms with Crippen molar-refractivity contribution in [2.75, 3.05) is 5.32 Å². The first-order valence-electron chi connectivity index (χ1n) is 5.98. The molecule has 0 aliphatic carbocycles. The largest absolute Gasteiger partial charge is 0.381 e. The molecule has 20 heavy (non-hydrogen) atoms. The van der Waals surface area contributed by atoms with Crippen LogP contribution in [0.4, 0.5) is 10.1 Å². The number of anilines is 1. The molecule has 0 saturated heterocycles. The fraction of sp³-hybridized carbons (Fsp3) is 0.0714. The van der Waals surface area contributed by atoms with E-state index in [1.54, 1.807) is 23.6 Å². The first kappa shape index (κ1) is 13.1. The van der Waals surface area contributed by atoms with Crippen molar-refractivity contribution in [2.24, 2.45) is 0 Å². The topological polar surface area (TPSA) is 40.7 Å². The minimum absolute atomic E-state index is 0.356. The molecule has 6 heteroatoms. The van der Waals surface area contributed by atoms with Gasteiger partial charge in [0.05, 0.1) is 16.8 Å². The average Bonchev–Trinajstić information content (AvgIpc) is 3.06. The summed E-state index contributed by atoms with van der Waals surface area (Å²) in [7, 11) is 0. The zero-order chi connectivity index (χ0) is 13.9. The molecule has 2 heterocycles. The Morgan fingerprint density at radius 3 is 3.00 bits per heavy atom. The van der Waals surface area contributed by atoms with Crippen LogP contribution in [0.1, 0.15) is 5.56 Å². The number of nitrogens with zero attached hydrogens (tertiary/aromatic N) is 1. The molecular formula is C14H11ClFN3S. The van der Waals surface area contributed by atoms with Crippen LogP contribution in [0.25, 0.3) is 10.6 Å². The van der Waals surface area contributed by atoms with Crippen LogP contribution >= 0.6 is 22.9 Å². The molecule has 0 bridgehead atoms. The summed E-state index contributed by atoms with van der Waals surface area (Å²) >= 11 is 7.47. The normalized spacial score (nSPS) is 10.7. The van der Waals surface area contributed by atoms with Gasteiger partial charge in [-0.1, -0.05) is 17.7 Å². The lowest BCUT2D eigenvalue weighted by Gasteiger charge is -2.07. The molecule has 2 N–H and O–H groups in total. The van der Waals surface area contributed by atoms with Gasteiger partial charge in [-0.25, -0.2) is 4.39 Å². The van der Waals surface area contributed by atoms with Crippen molar-refractivity contribution in [3.8, 4) is 10.6 Å². The predicted molar refractivity (Wildman–Crippen MR) is 80.6 cm³/mol. The van der Waals surface area contributed by atoms with Gasteiger partial charge in [-0.2, -0.15) is 5.10 Å². The first-order chi connectivity index (χ1) is 9.72. The Bertz CT molecular complexity index is 689. The molecule has 0 aliphatic rings. The smallest absolute Gasteiger partial charge is 0.126 e. The summed E-state index contributed by atoms with van der Waals surface area (Å²) in [6, 6.07) is 8.40. The maximum Gasteiger partial charge on any atom is 0.126 e. The van der Waals surface area contributed by atoms with Gasteiger partial charge in [0.25, 0.3) is 0 Å². The predicted octanol–water partition coefficient (Wildman–Crippen LogP) is 4.54. The highest BCUT2D eigenvalue weighted by molar-refractivity contribution is 7.13. The lowest BCUT2D eigenvalue weighted by molar-refractivity contribution is 0.628. The molecule has 0 spiro atoms. The van der Waals surface area contributed by atoms with Gasteiger partial charge in [-0.3, -0.25) is 5.10 Å². The number of rotatable bonds is 4. The average molecular weight is 308 g/mol. The fourth-order valence-electron chi connectivity index (χ4n) is 1.93. The molecule has 0 saturated carbocycles. The van der Waals surface area contributed by atoms with E-state index in [1.165, 1.54) is 12.1 Å². The third-order valence-corrected chi connectivity index (χ3v) is 3.94. The molecule has 0 amide bonds. The quantitative estimate of drug-likeness (QED) is 0.743. The zero-order valence-corrected chi connectivity index (χ0v) is 11.9. The Labute approximate surface area is 124 Å². The monoisotopic (exact) mass is 307 g/mol. The van der Waals surface area contributed by atoms with Crippen LogP contribution in [0.15, 0.2) is 41.9 Å². The molecule has 0 fully saturated rings. The molecule has 0 radical (unpaired) electrons. The van der Waals surface area contributed by atoms with Gasteiger partial charge in [0, 0.05) is 22.8 Å². The number of hydrogen-bond donors (Lipinski definition) is 2. The van der Waals surface area contributed by atoms with Crippen molar-refractivity contribution in [3.05, 3.63) is 58.3 Å². The molecule has 0 atom stereocenters. The Morgan fingerprint density at radius 1 is 1.35 bits per heavy atom. The maximum atomic E-state index is 13.3. The number of H-pyrrole nitrogens is 1. The standard InChI is InChI=1S/C14H11ClFN3S/c15-10-4-11(16)6-12(5-10)17-7-9-8-18-19-14(9)13-2-1-3-20-13/h1-6,8,17H,7H2,(H,18,19). The summed E-state index contributed by atoms with van der Waals surface area (Å²) in [5.74, 6) is -0.356. The van der Waals surface area contributed by atoms with E-state index in [9.17, 15) is 4.39 Å². The van der Waals surface area contributed by atoms with Gasteiger partial charge >= 0.3 is 0 Å². The third-order valence-electron chi connectivity index (χ3n) is 2.83. The van der Waals surface area contributed by atoms with Crippen molar-refractivity contribution in [2.45, 2.75) is 6.54 Å². The van der Waals surface area contributed by atoms with Crippen LogP contribution < -0.4 is 5.32 Å². The Balaban J connectivity index is 1.78. The minimum atomic E-state index is -0.356. The Morgan fingerprint density at radius 2 is 2.25 bits per heavy atom. The molecule has 0 aliphatic heterocycles. The molecule has 3 aromatic rings. The Kier molecular flexibility index (Phi) is 3.71. The maximum absolute atomic E-state index is 13.3. The highest BCUT2D eigenvalue weighted by atomic mass is 35.5. The second kappa shape index (κ2) is 5.64. The zero-order valence-electron chi connectivity index (χ0n) is 10.4. The van der Waals surface area contributed by atoms with E-state index in [1.807, 2.05) is 17.5 Å². The summed E-state index contributed by atoms with van der Waals surface area (Å²) in [6.45, 7) is 0.545. The molecule has 2 aromatic heterocycles. The lowest BCUT2D eigenvalue weighted by Crippen LogP contribution is -2.00. The van der Waals surface area contributed by atoms with Gasteiger partial charge in [-0.15, -0.1) is 11.3 Å². The van der Waals surface area contributed by atoms with Crippen molar-refractivity contribution in [1.82, 2.24) is 10.2 Å². The first-order valence-corrected chi connectivity index (χ1v) is 7.24. The van der Waals surface area contributed by atoms with Crippen LogP contribution in [0.2, 0.25) is 5.02 Å². The van der Waals surface area contributed by atoms with Crippen molar-refractivity contribution in [1.29, 1.82) is 0 Å².